The van der Waals surface area contributed by atoms with Crippen LogP contribution in [-0.4, -0.2) is 11.9 Å². The fourth-order valence-electron chi connectivity index (χ4n) is 0.335. The summed E-state index contributed by atoms with van der Waals surface area (Å²) in [5.41, 5.74) is 0.706. The van der Waals surface area contributed by atoms with E-state index in [0.717, 1.165) is 0 Å². The highest BCUT2D eigenvalue weighted by Crippen LogP contribution is 1.91. The number of hydrogen-bond acceptors (Lipinski definition) is 2. The molecule has 0 saturated heterocycles. The lowest BCUT2D eigenvalue weighted by molar-refractivity contribution is -0.233. The highest BCUT2D eigenvalue weighted by atomic mass is 17.1. The van der Waals surface area contributed by atoms with Crippen molar-refractivity contribution in [3.05, 3.63) is 37.0 Å². The molecule has 0 unspecified atom stereocenters. The average molecular weight is 156 g/mol. The van der Waals surface area contributed by atoms with Gasteiger partial charge >= 0.3 is 0 Å². The molecule has 0 heterocycles. The zero-order valence-corrected chi connectivity index (χ0v) is 7.21. The lowest BCUT2D eigenvalue weighted by Crippen LogP contribution is -1.88. The molecule has 2 heteroatoms. The van der Waals surface area contributed by atoms with E-state index in [0.29, 0.717) is 5.57 Å². The SMILES string of the molecule is C=C/C=C\C(=C)COO.CC. The van der Waals surface area contributed by atoms with Crippen LogP contribution in [0.25, 0.3) is 0 Å². The Bertz CT molecular complexity index is 126. The van der Waals surface area contributed by atoms with Crippen LogP contribution < -0.4 is 0 Å². The van der Waals surface area contributed by atoms with Crippen molar-refractivity contribution in [3.63, 3.8) is 0 Å². The van der Waals surface area contributed by atoms with Crippen LogP contribution in [0.1, 0.15) is 13.8 Å². The third-order valence-electron chi connectivity index (χ3n) is 0.718. The van der Waals surface area contributed by atoms with E-state index < -0.39 is 0 Å². The molecule has 0 bridgehead atoms. The van der Waals surface area contributed by atoms with Crippen molar-refractivity contribution in [1.29, 1.82) is 0 Å². The van der Waals surface area contributed by atoms with E-state index >= 15 is 0 Å². The first kappa shape index (κ1) is 12.8. The average Bonchev–Trinajstić information content (AvgIpc) is 2.05. The minimum Gasteiger partial charge on any atom is -0.251 e. The van der Waals surface area contributed by atoms with Gasteiger partial charge in [-0.2, -0.15) is 0 Å². The largest absolute Gasteiger partial charge is 0.251 e. The molecule has 11 heavy (non-hydrogen) atoms. The molecule has 0 aromatic carbocycles. The van der Waals surface area contributed by atoms with Gasteiger partial charge < -0.3 is 0 Å². The molecule has 1 N–H and O–H groups in total. The van der Waals surface area contributed by atoms with Gasteiger partial charge in [0.05, 0.1) is 0 Å². The van der Waals surface area contributed by atoms with E-state index in [9.17, 15) is 0 Å². The zero-order chi connectivity index (χ0) is 9.11. The summed E-state index contributed by atoms with van der Waals surface area (Å²) >= 11 is 0. The minimum absolute atomic E-state index is 0.143. The molecule has 64 valence electrons. The van der Waals surface area contributed by atoms with Crippen LogP contribution in [0.15, 0.2) is 37.0 Å². The van der Waals surface area contributed by atoms with Crippen LogP contribution >= 0.6 is 0 Å². The molecule has 0 aliphatic carbocycles. The maximum atomic E-state index is 7.92. The van der Waals surface area contributed by atoms with Crippen molar-refractivity contribution in [2.75, 3.05) is 6.61 Å². The van der Waals surface area contributed by atoms with E-state index in [-0.39, 0.29) is 6.61 Å². The topological polar surface area (TPSA) is 29.5 Å². The van der Waals surface area contributed by atoms with Gasteiger partial charge in [-0.05, 0) is 5.57 Å². The lowest BCUT2D eigenvalue weighted by atomic mass is 10.3. The summed E-state index contributed by atoms with van der Waals surface area (Å²) in [5, 5.41) is 7.92. The summed E-state index contributed by atoms with van der Waals surface area (Å²) in [6, 6.07) is 0. The molecule has 0 saturated carbocycles. The van der Waals surface area contributed by atoms with Gasteiger partial charge in [0.2, 0.25) is 0 Å². The maximum absolute atomic E-state index is 7.92. The molecule has 0 aliphatic rings. The predicted molar refractivity (Wildman–Crippen MR) is 48.4 cm³/mol. The number of rotatable bonds is 4. The summed E-state index contributed by atoms with van der Waals surface area (Å²) in [4.78, 5) is 3.82. The molecule has 0 aromatic heterocycles. The second kappa shape index (κ2) is 11.9. The second-order valence-electron chi connectivity index (χ2n) is 1.53. The van der Waals surface area contributed by atoms with E-state index in [1.807, 2.05) is 13.8 Å². The molecule has 0 spiro atoms. The molecule has 0 amide bonds. The van der Waals surface area contributed by atoms with Gasteiger partial charge in [0.1, 0.15) is 6.61 Å². The molecule has 0 atom stereocenters. The molecule has 0 aromatic rings. The standard InChI is InChI=1S/C7H10O2.C2H6/c1-3-4-5-7(2)6-9-8;1-2/h3-5,8H,1-2,6H2;1-2H3/b5-4-;. The van der Waals surface area contributed by atoms with Gasteiger partial charge in [-0.25, -0.2) is 4.89 Å². The lowest BCUT2D eigenvalue weighted by Gasteiger charge is -1.91. The fraction of sp³-hybridized carbons (Fsp3) is 0.333. The Morgan fingerprint density at radius 2 is 2.09 bits per heavy atom. The molecule has 2 nitrogen and oxygen atoms in total. The van der Waals surface area contributed by atoms with Crippen LogP contribution in [-0.2, 0) is 4.89 Å². The van der Waals surface area contributed by atoms with Gasteiger partial charge in [0.25, 0.3) is 0 Å². The summed E-state index contributed by atoms with van der Waals surface area (Å²) < 4.78 is 0. The Kier molecular flexibility index (Phi) is 13.8. The third-order valence-corrected chi connectivity index (χ3v) is 0.718. The normalized spacial score (nSPS) is 8.64. The summed E-state index contributed by atoms with van der Waals surface area (Å²) in [5.74, 6) is 0. The highest BCUT2D eigenvalue weighted by molar-refractivity contribution is 5.18. The van der Waals surface area contributed by atoms with Gasteiger partial charge in [-0.15, -0.1) is 0 Å². The molecular weight excluding hydrogens is 140 g/mol. The molecule has 0 fully saturated rings. The van der Waals surface area contributed by atoms with Gasteiger partial charge in [0, 0.05) is 0 Å². The first-order valence-corrected chi connectivity index (χ1v) is 3.54. The molecule has 0 rings (SSSR count). The van der Waals surface area contributed by atoms with Crippen LogP contribution in [0, 0.1) is 0 Å². The minimum atomic E-state index is 0.143. The molecular formula is C9H16O2. The van der Waals surface area contributed by atoms with Crippen LogP contribution in [0.2, 0.25) is 0 Å². The predicted octanol–water partition coefficient (Wildman–Crippen LogP) is 2.80. The van der Waals surface area contributed by atoms with Crippen LogP contribution in [0.4, 0.5) is 0 Å². The summed E-state index contributed by atoms with van der Waals surface area (Å²) in [7, 11) is 0. The highest BCUT2D eigenvalue weighted by Gasteiger charge is 1.83. The van der Waals surface area contributed by atoms with E-state index in [2.05, 4.69) is 18.0 Å². The Labute approximate surface area is 68.4 Å². The van der Waals surface area contributed by atoms with Crippen molar-refractivity contribution in [3.8, 4) is 0 Å². The Morgan fingerprint density at radius 1 is 1.55 bits per heavy atom. The van der Waals surface area contributed by atoms with E-state index in [1.165, 1.54) is 0 Å². The number of hydrogen-bond donors (Lipinski definition) is 1. The van der Waals surface area contributed by atoms with Crippen molar-refractivity contribution >= 4 is 0 Å². The smallest absolute Gasteiger partial charge is 0.106 e. The van der Waals surface area contributed by atoms with Crippen LogP contribution in [0.5, 0.6) is 0 Å². The van der Waals surface area contributed by atoms with Gasteiger partial charge in [0.15, 0.2) is 0 Å². The first-order chi connectivity index (χ1) is 5.31. The van der Waals surface area contributed by atoms with Crippen molar-refractivity contribution < 1.29 is 10.1 Å². The van der Waals surface area contributed by atoms with Crippen molar-refractivity contribution in [2.45, 2.75) is 13.8 Å². The summed E-state index contributed by atoms with van der Waals surface area (Å²) in [6.45, 7) is 11.2. The Morgan fingerprint density at radius 3 is 2.45 bits per heavy atom. The van der Waals surface area contributed by atoms with Crippen molar-refractivity contribution in [1.82, 2.24) is 0 Å². The van der Waals surface area contributed by atoms with Gasteiger partial charge in [-0.3, -0.25) is 5.26 Å². The second-order valence-corrected chi connectivity index (χ2v) is 1.53. The van der Waals surface area contributed by atoms with Gasteiger partial charge in [-0.1, -0.05) is 45.2 Å². The maximum Gasteiger partial charge on any atom is 0.106 e. The van der Waals surface area contributed by atoms with Crippen LogP contribution in [0.3, 0.4) is 0 Å². The van der Waals surface area contributed by atoms with E-state index in [1.54, 1.807) is 18.2 Å². The van der Waals surface area contributed by atoms with E-state index in [4.69, 9.17) is 5.26 Å². The molecule has 0 radical (unpaired) electrons. The number of allylic oxidation sites excluding steroid dienone is 2. The third kappa shape index (κ3) is 12.4. The fourth-order valence-corrected chi connectivity index (χ4v) is 0.335. The Balaban J connectivity index is 0. The van der Waals surface area contributed by atoms with Crippen molar-refractivity contribution in [2.24, 2.45) is 0 Å². The first-order valence-electron chi connectivity index (χ1n) is 3.54. The monoisotopic (exact) mass is 156 g/mol. The summed E-state index contributed by atoms with van der Waals surface area (Å²) in [6.07, 6.45) is 5.06. The zero-order valence-electron chi connectivity index (χ0n) is 7.21. The quantitative estimate of drug-likeness (QED) is 0.385. The Hall–Kier alpha value is -0.860. The molecule has 0 aliphatic heterocycles.